The molecule has 0 amide bonds. The van der Waals surface area contributed by atoms with Gasteiger partial charge in [-0.2, -0.15) is 0 Å². The minimum absolute atomic E-state index is 0.612. The maximum Gasteiger partial charge on any atom is 0.0595 e. The van der Waals surface area contributed by atoms with Crippen molar-refractivity contribution in [2.75, 3.05) is 6.54 Å². The second kappa shape index (κ2) is 4.73. The quantitative estimate of drug-likeness (QED) is 0.838. The van der Waals surface area contributed by atoms with Gasteiger partial charge in [0.05, 0.1) is 10.0 Å². The molecule has 0 radical (unpaired) electrons. The van der Waals surface area contributed by atoms with E-state index in [0.717, 1.165) is 13.0 Å². The molecule has 82 valence electrons. The van der Waals surface area contributed by atoms with Crippen molar-refractivity contribution in [3.63, 3.8) is 0 Å². The molecule has 1 aromatic carbocycles. The Bertz CT molecular complexity index is 357. The Morgan fingerprint density at radius 1 is 1.33 bits per heavy atom. The van der Waals surface area contributed by atoms with E-state index in [1.807, 2.05) is 12.1 Å². The van der Waals surface area contributed by atoms with Crippen LogP contribution in [0.3, 0.4) is 0 Å². The van der Waals surface area contributed by atoms with Crippen molar-refractivity contribution in [2.24, 2.45) is 0 Å². The molecule has 1 saturated heterocycles. The molecule has 1 unspecified atom stereocenters. The van der Waals surface area contributed by atoms with Crippen LogP contribution in [0.25, 0.3) is 0 Å². The van der Waals surface area contributed by atoms with Crippen LogP contribution in [-0.2, 0) is 6.42 Å². The third-order valence-electron chi connectivity index (χ3n) is 3.01. The Hall–Kier alpha value is -0.240. The molecule has 1 fully saturated rings. The molecule has 0 aromatic heterocycles. The molecule has 1 nitrogen and oxygen atoms in total. The van der Waals surface area contributed by atoms with Crippen molar-refractivity contribution in [3.8, 4) is 0 Å². The molecule has 1 aliphatic heterocycles. The molecule has 0 spiro atoms. The molecule has 1 aromatic rings. The van der Waals surface area contributed by atoms with Crippen molar-refractivity contribution >= 4 is 23.2 Å². The summed E-state index contributed by atoms with van der Waals surface area (Å²) in [5.74, 6) is 0. The normalized spacial score (nSPS) is 20.9. The van der Waals surface area contributed by atoms with Crippen LogP contribution < -0.4 is 5.32 Å². The van der Waals surface area contributed by atoms with Crippen LogP contribution in [0.2, 0.25) is 10.0 Å². The van der Waals surface area contributed by atoms with E-state index in [1.54, 1.807) is 0 Å². The van der Waals surface area contributed by atoms with Gasteiger partial charge in [0.1, 0.15) is 0 Å². The van der Waals surface area contributed by atoms with Gasteiger partial charge in [0.2, 0.25) is 0 Å². The highest BCUT2D eigenvalue weighted by Gasteiger charge is 2.16. The van der Waals surface area contributed by atoms with Gasteiger partial charge in [-0.15, -0.1) is 0 Å². The molecule has 0 bridgehead atoms. The van der Waals surface area contributed by atoms with Gasteiger partial charge in [-0.05, 0) is 56.0 Å². The lowest BCUT2D eigenvalue weighted by molar-refractivity contribution is 0.601. The summed E-state index contributed by atoms with van der Waals surface area (Å²) in [5.41, 5.74) is 2.54. The van der Waals surface area contributed by atoms with Gasteiger partial charge < -0.3 is 5.32 Å². The predicted molar refractivity (Wildman–Crippen MR) is 65.9 cm³/mol. The van der Waals surface area contributed by atoms with Crippen LogP contribution in [0.15, 0.2) is 12.1 Å². The Morgan fingerprint density at radius 2 is 2.07 bits per heavy atom. The largest absolute Gasteiger partial charge is 0.314 e. The van der Waals surface area contributed by atoms with Crippen LogP contribution in [0.1, 0.15) is 24.0 Å². The van der Waals surface area contributed by atoms with E-state index in [2.05, 4.69) is 12.2 Å². The summed E-state index contributed by atoms with van der Waals surface area (Å²) in [7, 11) is 0. The average Bonchev–Trinajstić information content (AvgIpc) is 2.67. The molecule has 1 aliphatic rings. The van der Waals surface area contributed by atoms with Crippen molar-refractivity contribution in [3.05, 3.63) is 33.3 Å². The monoisotopic (exact) mass is 243 g/mol. The molecule has 15 heavy (non-hydrogen) atoms. The maximum atomic E-state index is 6.02. The molecular weight excluding hydrogens is 229 g/mol. The summed E-state index contributed by atoms with van der Waals surface area (Å²) in [6.07, 6.45) is 3.60. The molecule has 0 saturated carbocycles. The lowest BCUT2D eigenvalue weighted by atomic mass is 10.0. The zero-order chi connectivity index (χ0) is 10.8. The highest BCUT2D eigenvalue weighted by molar-refractivity contribution is 6.42. The number of hydrogen-bond acceptors (Lipinski definition) is 1. The van der Waals surface area contributed by atoms with Gasteiger partial charge in [0.15, 0.2) is 0 Å². The Labute approximate surface area is 101 Å². The van der Waals surface area contributed by atoms with Gasteiger partial charge >= 0.3 is 0 Å². The molecule has 0 aliphatic carbocycles. The van der Waals surface area contributed by atoms with E-state index in [0.29, 0.717) is 16.1 Å². The number of hydrogen-bond donors (Lipinski definition) is 1. The van der Waals surface area contributed by atoms with E-state index in [-0.39, 0.29) is 0 Å². The van der Waals surface area contributed by atoms with Crippen molar-refractivity contribution in [1.82, 2.24) is 5.32 Å². The second-order valence-electron chi connectivity index (χ2n) is 4.19. The maximum absolute atomic E-state index is 6.02. The van der Waals surface area contributed by atoms with E-state index < -0.39 is 0 Å². The lowest BCUT2D eigenvalue weighted by Crippen LogP contribution is -2.23. The van der Waals surface area contributed by atoms with Crippen molar-refractivity contribution < 1.29 is 0 Å². The SMILES string of the molecule is Cc1cc(Cl)c(Cl)cc1CC1CCCN1. The minimum Gasteiger partial charge on any atom is -0.314 e. The number of nitrogens with one attached hydrogen (secondary N) is 1. The Balaban J connectivity index is 2.16. The predicted octanol–water partition coefficient (Wildman–Crippen LogP) is 3.60. The van der Waals surface area contributed by atoms with Crippen LogP contribution in [0.5, 0.6) is 0 Å². The standard InChI is InChI=1S/C12H15Cl2N/c1-8-5-11(13)12(14)7-9(8)6-10-3-2-4-15-10/h5,7,10,15H,2-4,6H2,1H3. The highest BCUT2D eigenvalue weighted by atomic mass is 35.5. The minimum atomic E-state index is 0.612. The fourth-order valence-corrected chi connectivity index (χ4v) is 2.51. The zero-order valence-corrected chi connectivity index (χ0v) is 10.3. The smallest absolute Gasteiger partial charge is 0.0595 e. The molecule has 2 rings (SSSR count). The summed E-state index contributed by atoms with van der Waals surface area (Å²) in [6, 6.07) is 4.56. The van der Waals surface area contributed by atoms with Crippen LogP contribution >= 0.6 is 23.2 Å². The van der Waals surface area contributed by atoms with Crippen molar-refractivity contribution in [1.29, 1.82) is 0 Å². The summed E-state index contributed by atoms with van der Waals surface area (Å²) >= 11 is 12.0. The fraction of sp³-hybridized carbons (Fsp3) is 0.500. The van der Waals surface area contributed by atoms with Gasteiger partial charge in [-0.25, -0.2) is 0 Å². The molecule has 1 heterocycles. The van der Waals surface area contributed by atoms with Gasteiger partial charge in [0, 0.05) is 6.04 Å². The van der Waals surface area contributed by atoms with Gasteiger partial charge in [-0.3, -0.25) is 0 Å². The lowest BCUT2D eigenvalue weighted by Gasteiger charge is -2.13. The molecule has 3 heteroatoms. The first kappa shape index (κ1) is 11.3. The summed E-state index contributed by atoms with van der Waals surface area (Å²) in [4.78, 5) is 0. The Kier molecular flexibility index (Phi) is 3.55. The van der Waals surface area contributed by atoms with E-state index >= 15 is 0 Å². The number of aryl methyl sites for hydroxylation is 1. The first-order chi connectivity index (χ1) is 7.16. The second-order valence-corrected chi connectivity index (χ2v) is 5.00. The van der Waals surface area contributed by atoms with Crippen LogP contribution in [-0.4, -0.2) is 12.6 Å². The first-order valence-electron chi connectivity index (χ1n) is 5.34. The fourth-order valence-electron chi connectivity index (χ4n) is 2.10. The average molecular weight is 244 g/mol. The van der Waals surface area contributed by atoms with Crippen LogP contribution in [0.4, 0.5) is 0 Å². The number of rotatable bonds is 2. The van der Waals surface area contributed by atoms with E-state index in [4.69, 9.17) is 23.2 Å². The Morgan fingerprint density at radius 3 is 2.73 bits per heavy atom. The number of benzene rings is 1. The molecule has 1 N–H and O–H groups in total. The summed E-state index contributed by atoms with van der Waals surface area (Å²) < 4.78 is 0. The van der Waals surface area contributed by atoms with Gasteiger partial charge in [-0.1, -0.05) is 23.2 Å². The van der Waals surface area contributed by atoms with Crippen molar-refractivity contribution in [2.45, 2.75) is 32.2 Å². The molecule has 1 atom stereocenters. The number of halogens is 2. The summed E-state index contributed by atoms with van der Waals surface area (Å²) in [6.45, 7) is 3.23. The highest BCUT2D eigenvalue weighted by Crippen LogP contribution is 2.27. The van der Waals surface area contributed by atoms with E-state index in [9.17, 15) is 0 Å². The van der Waals surface area contributed by atoms with Crippen LogP contribution in [0, 0.1) is 6.92 Å². The zero-order valence-electron chi connectivity index (χ0n) is 8.82. The summed E-state index contributed by atoms with van der Waals surface area (Å²) in [5, 5.41) is 4.80. The third-order valence-corrected chi connectivity index (χ3v) is 3.73. The molecular formula is C12H15Cl2N. The van der Waals surface area contributed by atoms with Gasteiger partial charge in [0.25, 0.3) is 0 Å². The van der Waals surface area contributed by atoms with E-state index in [1.165, 1.54) is 24.0 Å². The topological polar surface area (TPSA) is 12.0 Å². The first-order valence-corrected chi connectivity index (χ1v) is 6.10. The third kappa shape index (κ3) is 2.66.